The Kier molecular flexibility index (Phi) is 6.00. The van der Waals surface area contributed by atoms with E-state index < -0.39 is 0 Å². The summed E-state index contributed by atoms with van der Waals surface area (Å²) >= 11 is 6.33. The highest BCUT2D eigenvalue weighted by atomic mass is 35.5. The molecule has 0 aromatic rings. The molecule has 4 rings (SSSR count). The number of alkyl halides is 1. The molecule has 0 spiro atoms. The molecule has 24 heavy (non-hydrogen) atoms. The molecular formula is C19H34ClN3O. The Morgan fingerprint density at radius 2 is 1.67 bits per heavy atom. The quantitative estimate of drug-likeness (QED) is 0.678. The van der Waals surface area contributed by atoms with Gasteiger partial charge in [-0.3, -0.25) is 10.7 Å². The SMILES string of the molecule is ClC1CCC(C2NNC(NC[C@H]3CCCO3)C3CCCCC32)CC1. The highest BCUT2D eigenvalue weighted by Crippen LogP contribution is 2.41. The monoisotopic (exact) mass is 355 g/mol. The van der Waals surface area contributed by atoms with Crippen molar-refractivity contribution in [2.45, 2.75) is 87.9 Å². The summed E-state index contributed by atoms with van der Waals surface area (Å²) in [5, 5.41) is 4.19. The van der Waals surface area contributed by atoms with Gasteiger partial charge in [0.2, 0.25) is 0 Å². The molecule has 0 bridgehead atoms. The Morgan fingerprint density at radius 1 is 0.875 bits per heavy atom. The first-order chi connectivity index (χ1) is 11.8. The van der Waals surface area contributed by atoms with Gasteiger partial charge in [-0.1, -0.05) is 12.8 Å². The van der Waals surface area contributed by atoms with Crippen molar-refractivity contribution in [3.8, 4) is 0 Å². The van der Waals surface area contributed by atoms with E-state index >= 15 is 0 Å². The van der Waals surface area contributed by atoms with Crippen LogP contribution < -0.4 is 16.2 Å². The standard InChI is InChI=1S/C19H34ClN3O/c20-14-9-7-13(8-10-14)18-16-5-1-2-6-17(16)19(23-22-18)21-12-15-4-3-11-24-15/h13-19,21-23H,1-12H2/t13?,14?,15-,16?,17?,18?,19?/m1/s1. The largest absolute Gasteiger partial charge is 0.377 e. The van der Waals surface area contributed by atoms with Gasteiger partial charge < -0.3 is 4.74 Å². The number of fused-ring (bicyclic) bond motifs is 1. The fourth-order valence-corrected chi connectivity index (χ4v) is 5.87. The molecule has 3 N–H and O–H groups in total. The normalized spacial score (nSPS) is 46.6. The molecule has 2 aliphatic carbocycles. The third-order valence-electron chi connectivity index (χ3n) is 6.97. The van der Waals surface area contributed by atoms with Crippen LogP contribution in [0.2, 0.25) is 0 Å². The molecule has 4 unspecified atom stereocenters. The van der Waals surface area contributed by atoms with Crippen LogP contribution in [-0.2, 0) is 4.74 Å². The summed E-state index contributed by atoms with van der Waals surface area (Å²) in [6, 6.07) is 0.639. The second-order valence-electron chi connectivity index (χ2n) is 8.46. The number of rotatable bonds is 4. The molecule has 0 aromatic carbocycles. The Morgan fingerprint density at radius 3 is 2.42 bits per heavy atom. The van der Waals surface area contributed by atoms with Gasteiger partial charge in [0.25, 0.3) is 0 Å². The number of hydrazine groups is 1. The second-order valence-corrected chi connectivity index (χ2v) is 9.08. The van der Waals surface area contributed by atoms with Crippen LogP contribution in [-0.4, -0.2) is 36.8 Å². The average molecular weight is 356 g/mol. The van der Waals surface area contributed by atoms with Gasteiger partial charge in [-0.25, -0.2) is 5.43 Å². The van der Waals surface area contributed by atoms with Crippen LogP contribution in [0.5, 0.6) is 0 Å². The number of ether oxygens (including phenoxy) is 1. The van der Waals surface area contributed by atoms with Gasteiger partial charge in [0, 0.05) is 24.6 Å². The van der Waals surface area contributed by atoms with Crippen molar-refractivity contribution in [3.05, 3.63) is 0 Å². The van der Waals surface area contributed by atoms with Gasteiger partial charge in [0.1, 0.15) is 0 Å². The third-order valence-corrected chi connectivity index (χ3v) is 7.40. The first-order valence-electron chi connectivity index (χ1n) is 10.3. The number of hydrogen-bond donors (Lipinski definition) is 3. The molecule has 2 saturated heterocycles. The van der Waals surface area contributed by atoms with Gasteiger partial charge in [-0.15, -0.1) is 11.6 Å². The van der Waals surface area contributed by atoms with E-state index in [-0.39, 0.29) is 0 Å². The molecular weight excluding hydrogens is 322 g/mol. The van der Waals surface area contributed by atoms with E-state index in [0.29, 0.717) is 23.7 Å². The summed E-state index contributed by atoms with van der Waals surface area (Å²) in [6.07, 6.45) is 13.8. The van der Waals surface area contributed by atoms with Crippen molar-refractivity contribution in [1.29, 1.82) is 0 Å². The predicted molar refractivity (Wildman–Crippen MR) is 97.9 cm³/mol. The van der Waals surface area contributed by atoms with Gasteiger partial charge in [0.05, 0.1) is 12.3 Å². The highest BCUT2D eigenvalue weighted by Gasteiger charge is 2.43. The van der Waals surface area contributed by atoms with Crippen molar-refractivity contribution >= 4 is 11.6 Å². The van der Waals surface area contributed by atoms with E-state index in [1.54, 1.807) is 0 Å². The number of halogens is 1. The average Bonchev–Trinajstić information content (AvgIpc) is 3.14. The maximum Gasteiger partial charge on any atom is 0.0736 e. The van der Waals surface area contributed by atoms with Gasteiger partial charge in [-0.05, 0) is 69.1 Å². The van der Waals surface area contributed by atoms with Crippen molar-refractivity contribution < 1.29 is 4.74 Å². The van der Waals surface area contributed by atoms with E-state index in [1.807, 2.05) is 0 Å². The van der Waals surface area contributed by atoms with Crippen LogP contribution in [0.3, 0.4) is 0 Å². The van der Waals surface area contributed by atoms with Crippen LogP contribution in [0.25, 0.3) is 0 Å². The Bertz CT molecular complexity index is 396. The molecule has 4 aliphatic rings. The molecule has 5 heteroatoms. The van der Waals surface area contributed by atoms with Crippen molar-refractivity contribution in [1.82, 2.24) is 16.2 Å². The van der Waals surface area contributed by atoms with E-state index in [9.17, 15) is 0 Å². The number of hydrogen-bond acceptors (Lipinski definition) is 4. The Labute approximate surface area is 151 Å². The summed E-state index contributed by atoms with van der Waals surface area (Å²) < 4.78 is 5.78. The molecule has 5 atom stereocenters. The Hall–Kier alpha value is 0.130. The van der Waals surface area contributed by atoms with Crippen molar-refractivity contribution in [2.24, 2.45) is 17.8 Å². The lowest BCUT2D eigenvalue weighted by molar-refractivity contribution is 0.0178. The van der Waals surface area contributed by atoms with Gasteiger partial charge >= 0.3 is 0 Å². The first kappa shape index (κ1) is 17.5. The van der Waals surface area contributed by atoms with Gasteiger partial charge in [0.15, 0.2) is 0 Å². The van der Waals surface area contributed by atoms with Crippen LogP contribution in [0.15, 0.2) is 0 Å². The molecule has 4 fully saturated rings. The first-order valence-corrected chi connectivity index (χ1v) is 10.7. The maximum atomic E-state index is 6.33. The van der Waals surface area contributed by atoms with Gasteiger partial charge in [-0.2, -0.15) is 0 Å². The summed E-state index contributed by atoms with van der Waals surface area (Å²) in [7, 11) is 0. The summed E-state index contributed by atoms with van der Waals surface area (Å²) in [6.45, 7) is 1.94. The van der Waals surface area contributed by atoms with E-state index in [4.69, 9.17) is 16.3 Å². The van der Waals surface area contributed by atoms with Crippen LogP contribution in [0, 0.1) is 17.8 Å². The smallest absolute Gasteiger partial charge is 0.0736 e. The lowest BCUT2D eigenvalue weighted by atomic mass is 9.67. The summed E-state index contributed by atoms with van der Waals surface area (Å²) in [4.78, 5) is 0. The maximum absolute atomic E-state index is 6.33. The summed E-state index contributed by atoms with van der Waals surface area (Å²) in [5.41, 5.74) is 7.38. The van der Waals surface area contributed by atoms with Crippen LogP contribution in [0.1, 0.15) is 64.2 Å². The molecule has 0 aromatic heterocycles. The minimum atomic E-state index is 0.403. The molecule has 0 amide bonds. The zero-order valence-corrected chi connectivity index (χ0v) is 15.6. The Balaban J connectivity index is 1.36. The zero-order valence-electron chi connectivity index (χ0n) is 14.8. The second kappa shape index (κ2) is 8.22. The number of nitrogens with one attached hydrogen (secondary N) is 3. The molecule has 2 aliphatic heterocycles. The topological polar surface area (TPSA) is 45.3 Å². The van der Waals surface area contributed by atoms with Crippen LogP contribution in [0.4, 0.5) is 0 Å². The van der Waals surface area contributed by atoms with E-state index in [1.165, 1.54) is 64.2 Å². The highest BCUT2D eigenvalue weighted by molar-refractivity contribution is 6.20. The molecule has 2 heterocycles. The third kappa shape index (κ3) is 3.93. The lowest BCUT2D eigenvalue weighted by Crippen LogP contribution is -2.68. The fraction of sp³-hybridized carbons (Fsp3) is 1.00. The molecule has 0 radical (unpaired) electrons. The minimum absolute atomic E-state index is 0.403. The minimum Gasteiger partial charge on any atom is -0.377 e. The van der Waals surface area contributed by atoms with Crippen molar-refractivity contribution in [3.63, 3.8) is 0 Å². The van der Waals surface area contributed by atoms with E-state index in [0.717, 1.165) is 30.9 Å². The fourth-order valence-electron chi connectivity index (χ4n) is 5.62. The molecule has 2 saturated carbocycles. The predicted octanol–water partition coefficient (Wildman–Crippen LogP) is 3.16. The van der Waals surface area contributed by atoms with Crippen molar-refractivity contribution in [2.75, 3.05) is 13.2 Å². The lowest BCUT2D eigenvalue weighted by Gasteiger charge is -2.50. The van der Waals surface area contributed by atoms with Crippen LogP contribution >= 0.6 is 11.6 Å². The summed E-state index contributed by atoms with van der Waals surface area (Å²) in [5.74, 6) is 2.39. The molecule has 138 valence electrons. The van der Waals surface area contributed by atoms with E-state index in [2.05, 4.69) is 16.2 Å². The zero-order chi connectivity index (χ0) is 16.4. The molecule has 4 nitrogen and oxygen atoms in total.